The molecule has 2 aromatic carbocycles. The molecule has 154 valence electrons. The van der Waals surface area contributed by atoms with Crippen molar-refractivity contribution in [3.63, 3.8) is 0 Å². The Kier molecular flexibility index (Phi) is 7.67. The van der Waals surface area contributed by atoms with Gasteiger partial charge in [0.15, 0.2) is 0 Å². The van der Waals surface area contributed by atoms with E-state index in [0.29, 0.717) is 18.0 Å². The number of hydrogen-bond acceptors (Lipinski definition) is 3. The number of rotatable bonds is 10. The molecule has 0 fully saturated rings. The summed E-state index contributed by atoms with van der Waals surface area (Å²) < 4.78 is 0. The maximum atomic E-state index is 12.2. The van der Waals surface area contributed by atoms with Crippen molar-refractivity contribution in [2.24, 2.45) is 0 Å². The Bertz CT molecular complexity index is 967. The second-order valence-electron chi connectivity index (χ2n) is 7.38. The zero-order chi connectivity index (χ0) is 20.6. The maximum Gasteiger partial charge on any atom is 0.220 e. The molecule has 0 spiro atoms. The first-order chi connectivity index (χ1) is 14.1. The summed E-state index contributed by atoms with van der Waals surface area (Å²) in [5.41, 5.74) is 5.54. The first kappa shape index (κ1) is 21.3. The van der Waals surface area contributed by atoms with E-state index in [0.717, 1.165) is 54.6 Å². The van der Waals surface area contributed by atoms with Gasteiger partial charge in [0, 0.05) is 18.0 Å². The molecule has 0 radical (unpaired) electrons. The highest BCUT2D eigenvalue weighted by molar-refractivity contribution is 6.31. The number of hydrogen-bond donors (Lipinski definition) is 3. The molecule has 3 N–H and O–H groups in total. The molecule has 3 rings (SSSR count). The van der Waals surface area contributed by atoms with Crippen LogP contribution in [0.1, 0.15) is 48.7 Å². The molecule has 1 aromatic heterocycles. The van der Waals surface area contributed by atoms with E-state index in [1.165, 1.54) is 11.1 Å². The van der Waals surface area contributed by atoms with E-state index in [9.17, 15) is 4.79 Å². The largest absolute Gasteiger partial charge is 0.349 e. The van der Waals surface area contributed by atoms with E-state index < -0.39 is 0 Å². The number of benzene rings is 2. The van der Waals surface area contributed by atoms with Crippen molar-refractivity contribution < 1.29 is 4.79 Å². The first-order valence-corrected chi connectivity index (χ1v) is 10.6. The monoisotopic (exact) mass is 412 g/mol. The van der Waals surface area contributed by atoms with Crippen LogP contribution in [0.4, 0.5) is 0 Å². The third-order valence-electron chi connectivity index (χ3n) is 4.89. The molecule has 1 amide bonds. The zero-order valence-corrected chi connectivity index (χ0v) is 17.9. The minimum atomic E-state index is 0.0450. The predicted molar refractivity (Wildman–Crippen MR) is 119 cm³/mol. The highest BCUT2D eigenvalue weighted by Gasteiger charge is 2.10. The zero-order valence-electron chi connectivity index (χ0n) is 17.1. The molecule has 0 saturated carbocycles. The minimum absolute atomic E-state index is 0.0450. The molecule has 3 aromatic rings. The second kappa shape index (κ2) is 10.4. The van der Waals surface area contributed by atoms with E-state index in [4.69, 9.17) is 11.6 Å². The minimum Gasteiger partial charge on any atom is -0.349 e. The summed E-state index contributed by atoms with van der Waals surface area (Å²) in [4.78, 5) is 20.2. The van der Waals surface area contributed by atoms with Crippen molar-refractivity contribution in [2.75, 3.05) is 7.05 Å². The fourth-order valence-corrected chi connectivity index (χ4v) is 3.81. The van der Waals surface area contributed by atoms with Gasteiger partial charge in [-0.3, -0.25) is 4.79 Å². The number of carbonyl (C=O) groups excluding carboxylic acids is 1. The molecule has 0 atom stereocenters. The van der Waals surface area contributed by atoms with Gasteiger partial charge in [0.1, 0.15) is 5.82 Å². The molecule has 0 aliphatic carbocycles. The Morgan fingerprint density at radius 3 is 2.76 bits per heavy atom. The first-order valence-electron chi connectivity index (χ1n) is 10.2. The van der Waals surface area contributed by atoms with Crippen LogP contribution in [0.3, 0.4) is 0 Å². The average Bonchev–Trinajstić information content (AvgIpc) is 3.10. The third-order valence-corrected chi connectivity index (χ3v) is 5.11. The van der Waals surface area contributed by atoms with Crippen LogP contribution in [0.2, 0.25) is 5.02 Å². The molecule has 0 aliphatic rings. The molecular weight excluding hydrogens is 384 g/mol. The van der Waals surface area contributed by atoms with Gasteiger partial charge < -0.3 is 15.6 Å². The predicted octanol–water partition coefficient (Wildman–Crippen LogP) is 4.53. The lowest BCUT2D eigenvalue weighted by atomic mass is 10.1. The highest BCUT2D eigenvalue weighted by atomic mass is 35.5. The number of amides is 1. The van der Waals surface area contributed by atoms with Crippen molar-refractivity contribution >= 4 is 28.5 Å². The Morgan fingerprint density at radius 2 is 1.97 bits per heavy atom. The van der Waals surface area contributed by atoms with Gasteiger partial charge in [0.05, 0.1) is 17.6 Å². The van der Waals surface area contributed by atoms with Crippen molar-refractivity contribution in [3.05, 3.63) is 63.9 Å². The number of imidazole rings is 1. The van der Waals surface area contributed by atoms with Crippen LogP contribution < -0.4 is 10.6 Å². The number of H-pyrrole nitrogens is 1. The van der Waals surface area contributed by atoms with Gasteiger partial charge in [0.25, 0.3) is 0 Å². The molecule has 5 nitrogen and oxygen atoms in total. The average molecular weight is 413 g/mol. The van der Waals surface area contributed by atoms with E-state index in [1.54, 1.807) is 0 Å². The standard InChI is InChI=1S/C23H29ClN4O/c1-3-6-18-12-19(24)13-20-23(18)28-21(27-20)15-26-22(29)10-5-8-16-7-4-9-17(11-16)14-25-2/h4,7,9,11-13,25H,3,5-6,8,10,14-15H2,1-2H3,(H,26,29)(H,27,28). The van der Waals surface area contributed by atoms with Gasteiger partial charge in [-0.05, 0) is 55.1 Å². The van der Waals surface area contributed by atoms with E-state index in [-0.39, 0.29) is 5.91 Å². The molecule has 0 aliphatic heterocycles. The van der Waals surface area contributed by atoms with Crippen LogP contribution in [0, 0.1) is 0 Å². The number of nitrogens with one attached hydrogen (secondary N) is 3. The van der Waals surface area contributed by atoms with Gasteiger partial charge >= 0.3 is 0 Å². The van der Waals surface area contributed by atoms with Gasteiger partial charge in [-0.15, -0.1) is 0 Å². The number of halogens is 1. The summed E-state index contributed by atoms with van der Waals surface area (Å²) in [5.74, 6) is 0.802. The van der Waals surface area contributed by atoms with Crippen molar-refractivity contribution in [1.29, 1.82) is 0 Å². The molecule has 1 heterocycles. The maximum absolute atomic E-state index is 12.2. The molecule has 0 saturated heterocycles. The number of aryl methyl sites for hydroxylation is 2. The summed E-state index contributed by atoms with van der Waals surface area (Å²) in [6.45, 7) is 3.39. The lowest BCUT2D eigenvalue weighted by molar-refractivity contribution is -0.121. The van der Waals surface area contributed by atoms with E-state index in [1.807, 2.05) is 19.2 Å². The molecular formula is C23H29ClN4O. The fraction of sp³-hybridized carbons (Fsp3) is 0.391. The number of nitrogens with zero attached hydrogens (tertiary/aromatic N) is 1. The van der Waals surface area contributed by atoms with Gasteiger partial charge in [0.2, 0.25) is 5.91 Å². The van der Waals surface area contributed by atoms with Crippen LogP contribution in [0.5, 0.6) is 0 Å². The highest BCUT2D eigenvalue weighted by Crippen LogP contribution is 2.23. The SMILES string of the molecule is CCCc1cc(Cl)cc2[nH]c(CNC(=O)CCCc3cccc(CNC)c3)nc12. The molecule has 0 bridgehead atoms. The van der Waals surface area contributed by atoms with Crippen LogP contribution in [-0.4, -0.2) is 22.9 Å². The Morgan fingerprint density at radius 1 is 1.14 bits per heavy atom. The fourth-order valence-electron chi connectivity index (χ4n) is 3.57. The van der Waals surface area contributed by atoms with E-state index >= 15 is 0 Å². The Labute approximate surface area is 177 Å². The number of aromatic nitrogens is 2. The van der Waals surface area contributed by atoms with Crippen LogP contribution in [0.15, 0.2) is 36.4 Å². The summed E-state index contributed by atoms with van der Waals surface area (Å²) in [6.07, 6.45) is 4.19. The summed E-state index contributed by atoms with van der Waals surface area (Å²) in [7, 11) is 1.94. The van der Waals surface area contributed by atoms with Crippen LogP contribution in [0.25, 0.3) is 11.0 Å². The van der Waals surface area contributed by atoms with Crippen LogP contribution in [-0.2, 0) is 30.7 Å². The normalized spacial score (nSPS) is 11.1. The summed E-state index contributed by atoms with van der Waals surface area (Å²) >= 11 is 6.21. The quantitative estimate of drug-likeness (QED) is 0.458. The van der Waals surface area contributed by atoms with Gasteiger partial charge in [-0.2, -0.15) is 0 Å². The lowest BCUT2D eigenvalue weighted by Crippen LogP contribution is -2.23. The summed E-state index contributed by atoms with van der Waals surface area (Å²) in [5, 5.41) is 6.84. The second-order valence-corrected chi connectivity index (χ2v) is 7.81. The van der Waals surface area contributed by atoms with E-state index in [2.05, 4.69) is 51.8 Å². The smallest absolute Gasteiger partial charge is 0.220 e. The number of carbonyl (C=O) groups is 1. The molecule has 29 heavy (non-hydrogen) atoms. The third kappa shape index (κ3) is 6.05. The Hall–Kier alpha value is -2.37. The lowest BCUT2D eigenvalue weighted by Gasteiger charge is -2.06. The van der Waals surface area contributed by atoms with Gasteiger partial charge in [-0.1, -0.05) is 49.2 Å². The van der Waals surface area contributed by atoms with Crippen molar-refractivity contribution in [2.45, 2.75) is 52.1 Å². The van der Waals surface area contributed by atoms with Crippen molar-refractivity contribution in [1.82, 2.24) is 20.6 Å². The number of aromatic amines is 1. The summed E-state index contributed by atoms with van der Waals surface area (Å²) in [6, 6.07) is 12.4. The van der Waals surface area contributed by atoms with Crippen LogP contribution >= 0.6 is 11.6 Å². The topological polar surface area (TPSA) is 69.8 Å². The van der Waals surface area contributed by atoms with Crippen molar-refractivity contribution in [3.8, 4) is 0 Å². The number of fused-ring (bicyclic) bond motifs is 1. The molecule has 0 unspecified atom stereocenters. The molecule has 6 heteroatoms. The Balaban J connectivity index is 1.50. The van der Waals surface area contributed by atoms with Gasteiger partial charge in [-0.25, -0.2) is 4.98 Å².